The van der Waals surface area contributed by atoms with Gasteiger partial charge in [-0.25, -0.2) is 0 Å². The molecule has 1 aliphatic heterocycles. The standard InChI is InChI=1S/C12H16ClNOS/c1-9-6-7-16(15)8-12(14-9)10-2-4-11(13)5-3-10/h2-5,9,12,14H,6-8H2,1H3. The molecule has 1 aromatic carbocycles. The third kappa shape index (κ3) is 3.06. The van der Waals surface area contributed by atoms with Gasteiger partial charge in [0.05, 0.1) is 0 Å². The van der Waals surface area contributed by atoms with Crippen LogP contribution in [0.5, 0.6) is 0 Å². The summed E-state index contributed by atoms with van der Waals surface area (Å²) >= 11 is 5.86. The fourth-order valence-electron chi connectivity index (χ4n) is 1.94. The lowest BCUT2D eigenvalue weighted by molar-refractivity contribution is 0.484. The molecule has 88 valence electrons. The Kier molecular flexibility index (Phi) is 4.00. The molecular formula is C12H16ClNOS. The molecule has 1 fully saturated rings. The van der Waals surface area contributed by atoms with Gasteiger partial charge in [-0.3, -0.25) is 4.21 Å². The van der Waals surface area contributed by atoms with E-state index in [4.69, 9.17) is 11.6 Å². The summed E-state index contributed by atoms with van der Waals surface area (Å²) < 4.78 is 11.7. The first kappa shape index (κ1) is 12.1. The van der Waals surface area contributed by atoms with Gasteiger partial charge in [0.25, 0.3) is 0 Å². The Morgan fingerprint density at radius 3 is 2.75 bits per heavy atom. The molecule has 4 heteroatoms. The van der Waals surface area contributed by atoms with Gasteiger partial charge < -0.3 is 5.32 Å². The van der Waals surface area contributed by atoms with Gasteiger partial charge >= 0.3 is 0 Å². The maximum atomic E-state index is 11.7. The molecule has 0 aromatic heterocycles. The molecule has 1 heterocycles. The Hall–Kier alpha value is -0.380. The van der Waals surface area contributed by atoms with Gasteiger partial charge in [0.2, 0.25) is 0 Å². The molecule has 2 rings (SSSR count). The van der Waals surface area contributed by atoms with Gasteiger partial charge in [0.1, 0.15) is 0 Å². The molecule has 0 spiro atoms. The normalized spacial score (nSPS) is 31.0. The molecule has 3 atom stereocenters. The minimum atomic E-state index is -0.710. The van der Waals surface area contributed by atoms with Crippen LogP contribution in [0, 0.1) is 0 Å². The van der Waals surface area contributed by atoms with Crippen LogP contribution in [0.25, 0.3) is 0 Å². The predicted molar refractivity (Wildman–Crippen MR) is 69.3 cm³/mol. The fourth-order valence-corrected chi connectivity index (χ4v) is 3.51. The zero-order valence-electron chi connectivity index (χ0n) is 9.28. The average Bonchev–Trinajstić information content (AvgIpc) is 2.42. The van der Waals surface area contributed by atoms with Crippen molar-refractivity contribution in [3.05, 3.63) is 34.9 Å². The van der Waals surface area contributed by atoms with Crippen LogP contribution >= 0.6 is 11.6 Å². The molecular weight excluding hydrogens is 242 g/mol. The Morgan fingerprint density at radius 1 is 1.38 bits per heavy atom. The summed E-state index contributed by atoms with van der Waals surface area (Å²) in [6, 6.07) is 8.40. The first-order valence-electron chi connectivity index (χ1n) is 5.51. The van der Waals surface area contributed by atoms with Crippen LogP contribution in [-0.2, 0) is 10.8 Å². The Balaban J connectivity index is 2.18. The van der Waals surface area contributed by atoms with Crippen molar-refractivity contribution in [3.63, 3.8) is 0 Å². The average molecular weight is 258 g/mol. The molecule has 0 aliphatic carbocycles. The highest BCUT2D eigenvalue weighted by Crippen LogP contribution is 2.20. The summed E-state index contributed by atoms with van der Waals surface area (Å²) in [6.07, 6.45) is 0.983. The number of halogens is 1. The van der Waals surface area contributed by atoms with E-state index in [2.05, 4.69) is 12.2 Å². The summed E-state index contributed by atoms with van der Waals surface area (Å²) in [7, 11) is -0.710. The number of benzene rings is 1. The van der Waals surface area contributed by atoms with Crippen LogP contribution in [0.2, 0.25) is 5.02 Å². The smallest absolute Gasteiger partial charge is 0.0438 e. The molecule has 3 unspecified atom stereocenters. The van der Waals surface area contributed by atoms with Crippen LogP contribution in [0.3, 0.4) is 0 Å². The van der Waals surface area contributed by atoms with E-state index in [-0.39, 0.29) is 6.04 Å². The number of hydrogen-bond donors (Lipinski definition) is 1. The highest BCUT2D eigenvalue weighted by Gasteiger charge is 2.21. The van der Waals surface area contributed by atoms with Crippen molar-refractivity contribution in [2.24, 2.45) is 0 Å². The lowest BCUT2D eigenvalue weighted by Crippen LogP contribution is -2.30. The SMILES string of the molecule is CC1CCS(=O)CC(c2ccc(Cl)cc2)N1. The van der Waals surface area contributed by atoms with Crippen molar-refractivity contribution in [2.75, 3.05) is 11.5 Å². The Labute approximate surface area is 104 Å². The lowest BCUT2D eigenvalue weighted by Gasteiger charge is -2.19. The first-order chi connectivity index (χ1) is 7.65. The van der Waals surface area contributed by atoms with E-state index < -0.39 is 10.8 Å². The van der Waals surface area contributed by atoms with E-state index in [0.717, 1.165) is 17.2 Å². The highest BCUT2D eigenvalue weighted by molar-refractivity contribution is 7.85. The van der Waals surface area contributed by atoms with Crippen LogP contribution in [0.1, 0.15) is 24.9 Å². The zero-order chi connectivity index (χ0) is 11.5. The van der Waals surface area contributed by atoms with Crippen molar-refractivity contribution in [1.82, 2.24) is 5.32 Å². The quantitative estimate of drug-likeness (QED) is 0.838. The van der Waals surface area contributed by atoms with Crippen LogP contribution in [0.4, 0.5) is 0 Å². The van der Waals surface area contributed by atoms with Crippen LogP contribution in [-0.4, -0.2) is 21.8 Å². The highest BCUT2D eigenvalue weighted by atomic mass is 35.5. The van der Waals surface area contributed by atoms with E-state index >= 15 is 0 Å². The van der Waals surface area contributed by atoms with E-state index in [1.54, 1.807) is 0 Å². The van der Waals surface area contributed by atoms with Crippen LogP contribution < -0.4 is 5.32 Å². The Morgan fingerprint density at radius 2 is 2.06 bits per heavy atom. The maximum Gasteiger partial charge on any atom is 0.0438 e. The molecule has 1 N–H and O–H groups in total. The molecule has 1 aliphatic rings. The molecule has 0 saturated carbocycles. The van der Waals surface area contributed by atoms with Gasteiger partial charge in [-0.1, -0.05) is 23.7 Å². The molecule has 2 nitrogen and oxygen atoms in total. The molecule has 0 amide bonds. The predicted octanol–water partition coefficient (Wildman–Crippen LogP) is 2.51. The van der Waals surface area contributed by atoms with Crippen molar-refractivity contribution >= 4 is 22.4 Å². The first-order valence-corrected chi connectivity index (χ1v) is 7.38. The van der Waals surface area contributed by atoms with Gasteiger partial charge in [-0.2, -0.15) is 0 Å². The van der Waals surface area contributed by atoms with Gasteiger partial charge in [-0.15, -0.1) is 0 Å². The molecule has 1 saturated heterocycles. The van der Waals surface area contributed by atoms with E-state index in [9.17, 15) is 4.21 Å². The summed E-state index contributed by atoms with van der Waals surface area (Å²) in [5, 5.41) is 4.25. The van der Waals surface area contributed by atoms with Crippen molar-refractivity contribution in [2.45, 2.75) is 25.4 Å². The van der Waals surface area contributed by atoms with E-state index in [1.807, 2.05) is 24.3 Å². The molecule has 1 aromatic rings. The van der Waals surface area contributed by atoms with Gasteiger partial charge in [-0.05, 0) is 31.0 Å². The second-order valence-corrected chi connectivity index (χ2v) is 6.33. The molecule has 0 bridgehead atoms. The van der Waals surface area contributed by atoms with Crippen molar-refractivity contribution in [3.8, 4) is 0 Å². The lowest BCUT2D eigenvalue weighted by atomic mass is 10.1. The molecule has 0 radical (unpaired) electrons. The summed E-state index contributed by atoms with van der Waals surface area (Å²) in [4.78, 5) is 0. The minimum Gasteiger partial charge on any atom is -0.307 e. The van der Waals surface area contributed by atoms with Crippen molar-refractivity contribution < 1.29 is 4.21 Å². The van der Waals surface area contributed by atoms with Crippen molar-refractivity contribution in [1.29, 1.82) is 0 Å². The zero-order valence-corrected chi connectivity index (χ0v) is 10.9. The third-order valence-electron chi connectivity index (χ3n) is 2.89. The minimum absolute atomic E-state index is 0.190. The monoisotopic (exact) mass is 257 g/mol. The molecule has 16 heavy (non-hydrogen) atoms. The summed E-state index contributed by atoms with van der Waals surface area (Å²) in [6.45, 7) is 2.14. The van der Waals surface area contributed by atoms with Crippen LogP contribution in [0.15, 0.2) is 24.3 Å². The van der Waals surface area contributed by atoms with Gasteiger partial charge in [0, 0.05) is 39.4 Å². The van der Waals surface area contributed by atoms with Gasteiger partial charge in [0.15, 0.2) is 0 Å². The number of hydrogen-bond acceptors (Lipinski definition) is 2. The fraction of sp³-hybridized carbons (Fsp3) is 0.500. The van der Waals surface area contributed by atoms with E-state index in [1.165, 1.54) is 5.56 Å². The topological polar surface area (TPSA) is 29.1 Å². The second kappa shape index (κ2) is 5.30. The third-order valence-corrected chi connectivity index (χ3v) is 4.54. The Bertz CT molecular complexity index is 379. The second-order valence-electron chi connectivity index (χ2n) is 4.27. The summed E-state index contributed by atoms with van der Waals surface area (Å²) in [5.74, 6) is 1.50. The number of rotatable bonds is 1. The largest absolute Gasteiger partial charge is 0.307 e. The number of nitrogens with one attached hydrogen (secondary N) is 1. The maximum absolute atomic E-state index is 11.7. The van der Waals surface area contributed by atoms with E-state index in [0.29, 0.717) is 11.8 Å². The summed E-state index contributed by atoms with van der Waals surface area (Å²) in [5.41, 5.74) is 1.17.